The molecule has 74 heavy (non-hydrogen) atoms. The highest BCUT2D eigenvalue weighted by molar-refractivity contribution is 6.14. The molecule has 0 saturated heterocycles. The van der Waals surface area contributed by atoms with E-state index < -0.39 is 0 Å². The molecule has 0 spiro atoms. The average molecular weight is 945 g/mol. The first-order valence-electron chi connectivity index (χ1n) is 23.6. The molecule has 10 heteroatoms. The van der Waals surface area contributed by atoms with Crippen molar-refractivity contribution >= 4 is 60.7 Å². The molecule has 0 bridgehead atoms. The molecule has 12 aromatic rings. The van der Waals surface area contributed by atoms with Crippen molar-refractivity contribution in [3.05, 3.63) is 239 Å². The second-order valence-corrected chi connectivity index (χ2v) is 17.9. The third kappa shape index (κ3) is 7.18. The van der Waals surface area contributed by atoms with E-state index in [1.807, 2.05) is 141 Å². The van der Waals surface area contributed by atoms with E-state index in [1.54, 1.807) is 6.07 Å². The van der Waals surface area contributed by atoms with E-state index in [0.717, 1.165) is 88.1 Å². The summed E-state index contributed by atoms with van der Waals surface area (Å²) < 4.78 is 4.25. The highest BCUT2D eigenvalue weighted by atomic mass is 15.1. The lowest BCUT2D eigenvalue weighted by atomic mass is 9.98. The molecule has 0 unspecified atom stereocenters. The van der Waals surface area contributed by atoms with Crippen LogP contribution in [0.15, 0.2) is 182 Å². The predicted molar refractivity (Wildman–Crippen MR) is 293 cm³/mol. The fourth-order valence-corrected chi connectivity index (χ4v) is 10.5. The Morgan fingerprint density at radius 3 is 1.15 bits per heavy atom. The van der Waals surface area contributed by atoms with Gasteiger partial charge in [0, 0.05) is 27.1 Å². The number of nitriles is 2. The Bertz CT molecular complexity index is 4340. The second kappa shape index (κ2) is 17.8. The van der Waals surface area contributed by atoms with Crippen LogP contribution in [0.2, 0.25) is 0 Å². The molecule has 0 aliphatic heterocycles. The van der Waals surface area contributed by atoms with Crippen LogP contribution >= 0.6 is 0 Å². The Balaban J connectivity index is 1.22. The zero-order chi connectivity index (χ0) is 50.6. The van der Waals surface area contributed by atoms with Crippen molar-refractivity contribution in [3.63, 3.8) is 0 Å². The van der Waals surface area contributed by atoms with Crippen molar-refractivity contribution < 1.29 is 0 Å². The largest absolute Gasteiger partial charge is 0.308 e. The van der Waals surface area contributed by atoms with E-state index in [4.69, 9.17) is 29.7 Å². The minimum absolute atomic E-state index is 0.346. The third-order valence-electron chi connectivity index (χ3n) is 13.7. The third-order valence-corrected chi connectivity index (χ3v) is 13.7. The summed E-state index contributed by atoms with van der Waals surface area (Å²) >= 11 is 0. The first kappa shape index (κ1) is 44.3. The van der Waals surface area contributed by atoms with Crippen molar-refractivity contribution in [1.82, 2.24) is 24.1 Å². The van der Waals surface area contributed by atoms with E-state index in [2.05, 4.69) is 89.3 Å². The molecule has 0 radical (unpaired) electrons. The van der Waals surface area contributed by atoms with Crippen molar-refractivity contribution in [2.45, 2.75) is 13.8 Å². The smallest absolute Gasteiger partial charge is 0.194 e. The molecular weight excluding hydrogens is 909 g/mol. The molecule has 0 N–H and O–H groups in total. The molecule has 0 saturated carbocycles. The van der Waals surface area contributed by atoms with Gasteiger partial charge >= 0.3 is 0 Å². The van der Waals surface area contributed by atoms with Crippen LogP contribution in [0, 0.1) is 56.2 Å². The number of benzene rings is 9. The van der Waals surface area contributed by atoms with Gasteiger partial charge < -0.3 is 9.13 Å². The van der Waals surface area contributed by atoms with Gasteiger partial charge in [-0.2, -0.15) is 10.5 Å². The number of hydrogen-bond donors (Lipinski definition) is 0. The zero-order valence-corrected chi connectivity index (χ0v) is 39.8. The summed E-state index contributed by atoms with van der Waals surface area (Å²) in [7, 11) is 0. The number of rotatable bonds is 7. The van der Waals surface area contributed by atoms with Crippen molar-refractivity contribution in [1.29, 1.82) is 10.5 Å². The van der Waals surface area contributed by atoms with Crippen LogP contribution in [0.25, 0.3) is 125 Å². The molecule has 0 aliphatic rings. The van der Waals surface area contributed by atoms with Gasteiger partial charge in [0.2, 0.25) is 0 Å². The Labute approximate surface area is 425 Å². The first-order valence-corrected chi connectivity index (χ1v) is 23.6. The van der Waals surface area contributed by atoms with E-state index in [1.165, 1.54) is 0 Å². The lowest BCUT2D eigenvalue weighted by Crippen LogP contribution is -2.07. The number of para-hydroxylation sites is 3. The first-order chi connectivity index (χ1) is 36.3. The molecule has 342 valence electrons. The van der Waals surface area contributed by atoms with E-state index >= 15 is 0 Å². The number of nitrogens with zero attached hydrogens (tertiary/aromatic N) is 10. The average Bonchev–Trinajstić information content (AvgIpc) is 3.95. The number of hydrogen-bond acceptors (Lipinski definition) is 5. The maximum absolute atomic E-state index is 11.6. The summed E-state index contributed by atoms with van der Waals surface area (Å²) in [5.41, 5.74) is 13.9. The van der Waals surface area contributed by atoms with Gasteiger partial charge in [0.25, 0.3) is 0 Å². The maximum atomic E-state index is 11.6. The molecule has 10 nitrogen and oxygen atoms in total. The summed E-state index contributed by atoms with van der Waals surface area (Å²) in [6.45, 7) is 27.8. The molecular formula is C64H36N10. The zero-order valence-electron chi connectivity index (χ0n) is 39.8. The van der Waals surface area contributed by atoms with Crippen LogP contribution in [0.3, 0.4) is 0 Å². The van der Waals surface area contributed by atoms with Crippen molar-refractivity contribution in [2.75, 3.05) is 0 Å². The fourth-order valence-electron chi connectivity index (χ4n) is 10.5. The van der Waals surface area contributed by atoms with Gasteiger partial charge in [0.05, 0.1) is 70.4 Å². The van der Waals surface area contributed by atoms with Gasteiger partial charge in [-0.1, -0.05) is 140 Å². The lowest BCUT2D eigenvalue weighted by molar-refractivity contribution is 0.926. The van der Waals surface area contributed by atoms with E-state index in [0.29, 0.717) is 62.6 Å². The minimum atomic E-state index is 0.346. The summed E-state index contributed by atoms with van der Waals surface area (Å²) in [5.74, 6) is 1.43. The van der Waals surface area contributed by atoms with Crippen LogP contribution < -0.4 is 0 Å². The normalized spacial score (nSPS) is 11.0. The van der Waals surface area contributed by atoms with E-state index in [-0.39, 0.29) is 0 Å². The highest BCUT2D eigenvalue weighted by Gasteiger charge is 2.25. The topological polar surface area (TPSA) is 109 Å². The lowest BCUT2D eigenvalue weighted by Gasteiger charge is -2.19. The molecule has 0 fully saturated rings. The minimum Gasteiger partial charge on any atom is -0.308 e. The van der Waals surface area contributed by atoms with Gasteiger partial charge in [0.1, 0.15) is 17.7 Å². The molecule has 9 aromatic carbocycles. The Morgan fingerprint density at radius 1 is 0.378 bits per heavy atom. The maximum Gasteiger partial charge on any atom is 0.194 e. The van der Waals surface area contributed by atoms with Crippen LogP contribution in [0.1, 0.15) is 22.8 Å². The van der Waals surface area contributed by atoms with Gasteiger partial charge in [-0.05, 0) is 101 Å². The van der Waals surface area contributed by atoms with Crippen LogP contribution in [0.5, 0.6) is 0 Å². The van der Waals surface area contributed by atoms with Gasteiger partial charge in [-0.25, -0.2) is 29.5 Å². The molecule has 12 rings (SSSR count). The monoisotopic (exact) mass is 944 g/mol. The molecule has 0 aliphatic carbocycles. The summed E-state index contributed by atoms with van der Waals surface area (Å²) in [6.07, 6.45) is 0. The number of aryl methyl sites for hydroxylation is 2. The molecule has 3 aromatic heterocycles. The SMILES string of the molecule is [C-]#[N+]c1ccccc1-c1ccc2c3ccc(-c4ccccc4C#N)cc3n(-c3cc(-c4nc(C)nc(C)n4)c(-n4c5cc(-c6ccccc6[N+]#[C-])ccc5c5ccc(-c6ccccc6[N+]#[C-])cc54)cc3C#N)c2c1. The number of aromatic nitrogens is 5. The summed E-state index contributed by atoms with van der Waals surface area (Å²) in [6, 6.07) is 63.8. The quantitative estimate of drug-likeness (QED) is 0.148. The van der Waals surface area contributed by atoms with Crippen LogP contribution in [-0.4, -0.2) is 24.1 Å². The Kier molecular flexibility index (Phi) is 10.6. The van der Waals surface area contributed by atoms with Crippen molar-refractivity contribution in [3.8, 4) is 79.4 Å². The molecule has 3 heterocycles. The fraction of sp³-hybridized carbons (Fsp3) is 0.0312. The summed E-state index contributed by atoms with van der Waals surface area (Å²) in [5, 5.41) is 25.6. The molecule has 0 amide bonds. The van der Waals surface area contributed by atoms with Gasteiger partial charge in [-0.3, -0.25) is 0 Å². The Morgan fingerprint density at radius 2 is 0.743 bits per heavy atom. The van der Waals surface area contributed by atoms with Crippen molar-refractivity contribution in [2.24, 2.45) is 0 Å². The number of fused-ring (bicyclic) bond motifs is 6. The molecule has 0 atom stereocenters. The highest BCUT2D eigenvalue weighted by Crippen LogP contribution is 2.45. The van der Waals surface area contributed by atoms with Crippen LogP contribution in [0.4, 0.5) is 17.1 Å². The van der Waals surface area contributed by atoms with Crippen LogP contribution in [-0.2, 0) is 0 Å². The second-order valence-electron chi connectivity index (χ2n) is 17.9. The van der Waals surface area contributed by atoms with Gasteiger partial charge in [-0.15, -0.1) is 0 Å². The Hall–Kier alpha value is -11.0. The van der Waals surface area contributed by atoms with Gasteiger partial charge in [0.15, 0.2) is 22.9 Å². The standard InChI is InChI=1S/C64H36N10/c1-38-70-39(2)72-64(71-38)54-35-58(73-59-30-40(46-15-7-6-14-44(46)36-65)22-26-50(59)51-27-23-41(31-60(51)73)47-16-8-11-19-55(47)67-3)45(37-66)34-63(54)74-61-32-42(48-17-9-12-20-56(48)68-4)24-28-52(61)53-29-25-43(33-62(53)74)49-18-10-13-21-57(49)69-5/h6-35H,1-2H3. The van der Waals surface area contributed by atoms with E-state index in [9.17, 15) is 10.5 Å². The predicted octanol–water partition coefficient (Wildman–Crippen LogP) is 16.4. The summed E-state index contributed by atoms with van der Waals surface area (Å²) in [4.78, 5) is 26.2.